The number of likely N-dealkylation sites (tertiary alicyclic amines) is 1. The molecule has 3 N–H and O–H groups in total. The Labute approximate surface area is 117 Å². The Morgan fingerprint density at radius 3 is 2.68 bits per heavy atom. The van der Waals surface area contributed by atoms with Crippen molar-refractivity contribution in [1.82, 2.24) is 4.90 Å². The van der Waals surface area contributed by atoms with Crippen LogP contribution >= 0.6 is 0 Å². The minimum Gasteiger partial charge on any atom is -0.392 e. The summed E-state index contributed by atoms with van der Waals surface area (Å²) in [5.41, 5.74) is 6.13. The van der Waals surface area contributed by atoms with Gasteiger partial charge in [0.2, 0.25) is 0 Å². The van der Waals surface area contributed by atoms with Gasteiger partial charge in [0.05, 0.1) is 12.6 Å². The molecule has 4 heteroatoms. The Balaban J connectivity index is 1.91. The van der Waals surface area contributed by atoms with Crippen LogP contribution in [-0.4, -0.2) is 41.7 Å². The van der Waals surface area contributed by atoms with Crippen molar-refractivity contribution in [2.75, 3.05) is 19.6 Å². The third-order valence-electron chi connectivity index (χ3n) is 4.69. The standard InChI is InChI=1S/C15H29N3O/c1-11(2)13(19)15(6-7-15)10-17-14(16)18-8-4-5-12(3)9-18/h11-13,19H,4-10H2,1-3H3,(H2,16,17). The molecule has 1 aliphatic heterocycles. The number of hydrogen-bond acceptors (Lipinski definition) is 2. The van der Waals surface area contributed by atoms with Crippen LogP contribution in [0.2, 0.25) is 0 Å². The molecule has 0 aromatic heterocycles. The highest BCUT2D eigenvalue weighted by Crippen LogP contribution is 2.50. The van der Waals surface area contributed by atoms with Crippen LogP contribution in [0.5, 0.6) is 0 Å². The Hall–Kier alpha value is -0.770. The van der Waals surface area contributed by atoms with E-state index in [4.69, 9.17) is 5.73 Å². The Kier molecular flexibility index (Phi) is 4.39. The summed E-state index contributed by atoms with van der Waals surface area (Å²) >= 11 is 0. The van der Waals surface area contributed by atoms with Gasteiger partial charge in [-0.2, -0.15) is 0 Å². The van der Waals surface area contributed by atoms with Crippen molar-refractivity contribution in [2.24, 2.45) is 28.0 Å². The quantitative estimate of drug-likeness (QED) is 0.603. The van der Waals surface area contributed by atoms with E-state index in [0.717, 1.165) is 25.9 Å². The second-order valence-corrected chi connectivity index (χ2v) is 6.92. The maximum absolute atomic E-state index is 10.3. The molecule has 1 heterocycles. The van der Waals surface area contributed by atoms with Crippen molar-refractivity contribution in [1.29, 1.82) is 0 Å². The van der Waals surface area contributed by atoms with Gasteiger partial charge < -0.3 is 15.7 Å². The maximum atomic E-state index is 10.3. The largest absolute Gasteiger partial charge is 0.392 e. The summed E-state index contributed by atoms with van der Waals surface area (Å²) in [5, 5.41) is 10.3. The molecule has 19 heavy (non-hydrogen) atoms. The zero-order valence-corrected chi connectivity index (χ0v) is 12.6. The van der Waals surface area contributed by atoms with E-state index in [1.807, 2.05) is 0 Å². The molecule has 1 saturated heterocycles. The molecule has 1 aliphatic carbocycles. The molecule has 110 valence electrons. The van der Waals surface area contributed by atoms with Crippen molar-refractivity contribution in [3.8, 4) is 0 Å². The average Bonchev–Trinajstić information content (AvgIpc) is 3.16. The molecular formula is C15H29N3O. The predicted octanol–water partition coefficient (Wildman–Crippen LogP) is 1.83. The third-order valence-corrected chi connectivity index (χ3v) is 4.69. The predicted molar refractivity (Wildman–Crippen MR) is 79.0 cm³/mol. The summed E-state index contributed by atoms with van der Waals surface area (Å²) in [4.78, 5) is 6.78. The molecule has 1 saturated carbocycles. The molecule has 2 fully saturated rings. The number of aliphatic hydroxyl groups excluding tert-OH is 1. The number of aliphatic imine (C=N–C) groups is 1. The van der Waals surface area contributed by atoms with E-state index in [-0.39, 0.29) is 11.5 Å². The Morgan fingerprint density at radius 2 is 2.16 bits per heavy atom. The van der Waals surface area contributed by atoms with Crippen molar-refractivity contribution >= 4 is 5.96 Å². The summed E-state index contributed by atoms with van der Waals surface area (Å²) in [6, 6.07) is 0. The number of guanidine groups is 1. The number of piperidine rings is 1. The minimum absolute atomic E-state index is 0.0141. The van der Waals surface area contributed by atoms with E-state index < -0.39 is 0 Å². The zero-order valence-electron chi connectivity index (χ0n) is 12.6. The van der Waals surface area contributed by atoms with E-state index in [1.165, 1.54) is 12.8 Å². The number of nitrogens with zero attached hydrogens (tertiary/aromatic N) is 2. The summed E-state index contributed by atoms with van der Waals surface area (Å²) in [6.45, 7) is 9.15. The fourth-order valence-corrected chi connectivity index (χ4v) is 3.15. The van der Waals surface area contributed by atoms with Crippen LogP contribution in [0.25, 0.3) is 0 Å². The van der Waals surface area contributed by atoms with Crippen LogP contribution in [0.15, 0.2) is 4.99 Å². The summed E-state index contributed by atoms with van der Waals surface area (Å²) < 4.78 is 0. The second-order valence-electron chi connectivity index (χ2n) is 6.92. The van der Waals surface area contributed by atoms with Gasteiger partial charge in [-0.1, -0.05) is 20.8 Å². The zero-order chi connectivity index (χ0) is 14.0. The van der Waals surface area contributed by atoms with E-state index in [9.17, 15) is 5.11 Å². The van der Waals surface area contributed by atoms with E-state index in [2.05, 4.69) is 30.7 Å². The van der Waals surface area contributed by atoms with Crippen LogP contribution < -0.4 is 5.73 Å². The normalized spacial score (nSPS) is 28.6. The monoisotopic (exact) mass is 267 g/mol. The molecule has 0 spiro atoms. The molecular weight excluding hydrogens is 238 g/mol. The first-order valence-electron chi connectivity index (χ1n) is 7.67. The summed E-state index contributed by atoms with van der Waals surface area (Å²) in [5.74, 6) is 1.68. The van der Waals surface area contributed by atoms with Gasteiger partial charge in [-0.15, -0.1) is 0 Å². The topological polar surface area (TPSA) is 61.8 Å². The molecule has 2 atom stereocenters. The first kappa shape index (κ1) is 14.6. The second kappa shape index (κ2) is 5.70. The fourth-order valence-electron chi connectivity index (χ4n) is 3.15. The molecule has 4 nitrogen and oxygen atoms in total. The van der Waals surface area contributed by atoms with Gasteiger partial charge in [0.25, 0.3) is 0 Å². The van der Waals surface area contributed by atoms with Crippen LogP contribution in [0, 0.1) is 17.3 Å². The highest BCUT2D eigenvalue weighted by atomic mass is 16.3. The molecule has 0 aromatic carbocycles. The highest BCUT2D eigenvalue weighted by Gasteiger charge is 2.49. The molecule has 0 amide bonds. The number of hydrogen-bond donors (Lipinski definition) is 2. The highest BCUT2D eigenvalue weighted by molar-refractivity contribution is 5.78. The average molecular weight is 267 g/mol. The molecule has 2 unspecified atom stereocenters. The lowest BCUT2D eigenvalue weighted by atomic mass is 9.90. The van der Waals surface area contributed by atoms with Crippen LogP contribution in [0.4, 0.5) is 0 Å². The van der Waals surface area contributed by atoms with Crippen LogP contribution in [0.3, 0.4) is 0 Å². The number of rotatable bonds is 4. The smallest absolute Gasteiger partial charge is 0.191 e. The van der Waals surface area contributed by atoms with Crippen molar-refractivity contribution in [2.45, 2.75) is 52.6 Å². The SMILES string of the molecule is CC1CCCN(C(N)=NCC2(C(O)C(C)C)CC2)C1. The van der Waals surface area contributed by atoms with Gasteiger partial charge in [0, 0.05) is 18.5 Å². The summed E-state index contributed by atoms with van der Waals surface area (Å²) in [7, 11) is 0. The van der Waals surface area contributed by atoms with Crippen LogP contribution in [-0.2, 0) is 0 Å². The molecule has 0 aromatic rings. The molecule has 2 rings (SSSR count). The van der Waals surface area contributed by atoms with Crippen molar-refractivity contribution < 1.29 is 5.11 Å². The lowest BCUT2D eigenvalue weighted by Gasteiger charge is -2.32. The third kappa shape index (κ3) is 3.41. The van der Waals surface area contributed by atoms with Gasteiger partial charge in [0.15, 0.2) is 5.96 Å². The maximum Gasteiger partial charge on any atom is 0.191 e. The van der Waals surface area contributed by atoms with E-state index in [1.54, 1.807) is 0 Å². The van der Waals surface area contributed by atoms with Gasteiger partial charge in [0.1, 0.15) is 0 Å². The van der Waals surface area contributed by atoms with E-state index >= 15 is 0 Å². The first-order valence-corrected chi connectivity index (χ1v) is 7.67. The van der Waals surface area contributed by atoms with Crippen molar-refractivity contribution in [3.05, 3.63) is 0 Å². The van der Waals surface area contributed by atoms with Gasteiger partial charge in [-0.05, 0) is 37.5 Å². The Morgan fingerprint density at radius 1 is 1.47 bits per heavy atom. The lowest BCUT2D eigenvalue weighted by Crippen LogP contribution is -2.44. The van der Waals surface area contributed by atoms with Gasteiger partial charge in [-0.25, -0.2) is 0 Å². The minimum atomic E-state index is -0.246. The Bertz CT molecular complexity index is 336. The van der Waals surface area contributed by atoms with Gasteiger partial charge >= 0.3 is 0 Å². The molecule has 0 radical (unpaired) electrons. The molecule has 2 aliphatic rings. The fraction of sp³-hybridized carbons (Fsp3) is 0.933. The lowest BCUT2D eigenvalue weighted by molar-refractivity contribution is 0.0547. The summed E-state index contributed by atoms with van der Waals surface area (Å²) in [6.07, 6.45) is 4.42. The number of nitrogens with two attached hydrogens (primary N) is 1. The van der Waals surface area contributed by atoms with Gasteiger partial charge in [-0.3, -0.25) is 4.99 Å². The molecule has 0 bridgehead atoms. The van der Waals surface area contributed by atoms with Crippen molar-refractivity contribution in [3.63, 3.8) is 0 Å². The van der Waals surface area contributed by atoms with Crippen LogP contribution in [0.1, 0.15) is 46.5 Å². The first-order chi connectivity index (χ1) is 8.94. The number of aliphatic hydroxyl groups is 1. The van der Waals surface area contributed by atoms with E-state index in [0.29, 0.717) is 24.3 Å².